The first kappa shape index (κ1) is 11.4. The maximum absolute atomic E-state index is 10.8. The Kier molecular flexibility index (Phi) is 3.55. The molecule has 0 fully saturated rings. The highest BCUT2D eigenvalue weighted by atomic mass is 16.1. The quantitative estimate of drug-likeness (QED) is 0.805. The third kappa shape index (κ3) is 2.53. The molecule has 2 aromatic rings. The smallest absolute Gasteiger partial charge is 0.150 e. The van der Waals surface area contributed by atoms with Gasteiger partial charge in [-0.15, -0.1) is 0 Å². The number of hydrogen-bond donors (Lipinski definition) is 1. The van der Waals surface area contributed by atoms with E-state index in [-0.39, 0.29) is 0 Å². The summed E-state index contributed by atoms with van der Waals surface area (Å²) >= 11 is 0. The van der Waals surface area contributed by atoms with Gasteiger partial charge in [-0.25, -0.2) is 0 Å². The number of anilines is 1. The molecule has 0 saturated carbocycles. The Bertz CT molecular complexity index is 506. The minimum Gasteiger partial charge on any atom is -0.385 e. The van der Waals surface area contributed by atoms with Crippen LogP contribution in [0.3, 0.4) is 0 Å². The van der Waals surface area contributed by atoms with Crippen molar-refractivity contribution in [2.45, 2.75) is 6.92 Å². The summed E-state index contributed by atoms with van der Waals surface area (Å²) in [6.45, 7) is 2.88. The molecule has 0 bridgehead atoms. The van der Waals surface area contributed by atoms with Crippen molar-refractivity contribution in [3.8, 4) is 11.1 Å². The molecular formula is C15H15NO. The van der Waals surface area contributed by atoms with E-state index in [1.807, 2.05) is 43.3 Å². The fourth-order valence-corrected chi connectivity index (χ4v) is 1.84. The van der Waals surface area contributed by atoms with Crippen molar-refractivity contribution >= 4 is 12.0 Å². The monoisotopic (exact) mass is 225 g/mol. The molecule has 0 amide bonds. The molecule has 0 aliphatic heterocycles. The van der Waals surface area contributed by atoms with Gasteiger partial charge < -0.3 is 5.32 Å². The van der Waals surface area contributed by atoms with Gasteiger partial charge in [0.05, 0.1) is 0 Å². The fourth-order valence-electron chi connectivity index (χ4n) is 1.84. The minimum atomic E-state index is 0.695. The van der Waals surface area contributed by atoms with Crippen molar-refractivity contribution in [2.24, 2.45) is 0 Å². The van der Waals surface area contributed by atoms with Gasteiger partial charge in [-0.05, 0) is 18.6 Å². The van der Waals surface area contributed by atoms with Crippen molar-refractivity contribution < 1.29 is 4.79 Å². The minimum absolute atomic E-state index is 0.695. The maximum atomic E-state index is 10.8. The van der Waals surface area contributed by atoms with Crippen LogP contribution in [-0.2, 0) is 0 Å². The summed E-state index contributed by atoms with van der Waals surface area (Å²) in [4.78, 5) is 10.8. The van der Waals surface area contributed by atoms with E-state index in [9.17, 15) is 4.79 Å². The van der Waals surface area contributed by atoms with Gasteiger partial charge in [0.2, 0.25) is 0 Å². The summed E-state index contributed by atoms with van der Waals surface area (Å²) in [5.41, 5.74) is 3.97. The van der Waals surface area contributed by atoms with Gasteiger partial charge in [0.25, 0.3) is 0 Å². The number of carbonyl (C=O) groups excluding carboxylic acids is 1. The predicted molar refractivity (Wildman–Crippen MR) is 71.4 cm³/mol. The van der Waals surface area contributed by atoms with Gasteiger partial charge >= 0.3 is 0 Å². The van der Waals surface area contributed by atoms with Gasteiger partial charge in [-0.1, -0.05) is 42.5 Å². The summed E-state index contributed by atoms with van der Waals surface area (Å²) in [6.07, 6.45) is 0.871. The largest absolute Gasteiger partial charge is 0.385 e. The lowest BCUT2D eigenvalue weighted by Crippen LogP contribution is -1.99. The van der Waals surface area contributed by atoms with Crippen molar-refractivity contribution in [1.29, 1.82) is 0 Å². The summed E-state index contributed by atoms with van der Waals surface area (Å²) in [5.74, 6) is 0. The molecule has 0 radical (unpaired) electrons. The van der Waals surface area contributed by atoms with Crippen LogP contribution in [0.15, 0.2) is 48.5 Å². The molecule has 1 N–H and O–H groups in total. The zero-order valence-corrected chi connectivity index (χ0v) is 9.81. The third-order valence-corrected chi connectivity index (χ3v) is 2.63. The molecule has 0 aliphatic rings. The van der Waals surface area contributed by atoms with Crippen molar-refractivity contribution in [2.75, 3.05) is 11.9 Å². The predicted octanol–water partition coefficient (Wildman–Crippen LogP) is 3.60. The Morgan fingerprint density at radius 3 is 2.53 bits per heavy atom. The normalized spacial score (nSPS) is 9.94. The molecule has 0 spiro atoms. The number of aldehydes is 1. The van der Waals surface area contributed by atoms with E-state index in [1.54, 1.807) is 0 Å². The van der Waals surface area contributed by atoms with Crippen LogP contribution in [0.2, 0.25) is 0 Å². The summed E-state index contributed by atoms with van der Waals surface area (Å²) < 4.78 is 0. The highest BCUT2D eigenvalue weighted by Crippen LogP contribution is 2.28. The standard InChI is InChI=1S/C15H15NO/c1-2-16-15-10-12(11-17)8-9-14(15)13-6-4-3-5-7-13/h3-11,16H,2H2,1H3. The maximum Gasteiger partial charge on any atom is 0.150 e. The van der Waals surface area contributed by atoms with E-state index < -0.39 is 0 Å². The van der Waals surface area contributed by atoms with Crippen LogP contribution in [0.1, 0.15) is 17.3 Å². The van der Waals surface area contributed by atoms with Gasteiger partial charge in [-0.3, -0.25) is 4.79 Å². The second kappa shape index (κ2) is 5.30. The molecule has 2 heteroatoms. The van der Waals surface area contributed by atoms with E-state index in [1.165, 1.54) is 0 Å². The molecule has 2 nitrogen and oxygen atoms in total. The zero-order valence-electron chi connectivity index (χ0n) is 9.81. The molecule has 0 aliphatic carbocycles. The van der Waals surface area contributed by atoms with Gasteiger partial charge in [0.1, 0.15) is 6.29 Å². The number of nitrogens with one attached hydrogen (secondary N) is 1. The molecule has 0 saturated heterocycles. The molecular weight excluding hydrogens is 210 g/mol. The highest BCUT2D eigenvalue weighted by molar-refractivity contribution is 5.84. The SMILES string of the molecule is CCNc1cc(C=O)ccc1-c1ccccc1. The van der Waals surface area contributed by atoms with E-state index in [0.29, 0.717) is 5.56 Å². The first-order valence-corrected chi connectivity index (χ1v) is 5.73. The topological polar surface area (TPSA) is 29.1 Å². The lowest BCUT2D eigenvalue weighted by Gasteiger charge is -2.11. The van der Waals surface area contributed by atoms with Crippen molar-refractivity contribution in [3.63, 3.8) is 0 Å². The second-order valence-corrected chi connectivity index (χ2v) is 3.82. The molecule has 2 rings (SSSR count). The van der Waals surface area contributed by atoms with Gasteiger partial charge in [-0.2, -0.15) is 0 Å². The molecule has 86 valence electrons. The molecule has 0 aromatic heterocycles. The fraction of sp³-hybridized carbons (Fsp3) is 0.133. The van der Waals surface area contributed by atoms with Crippen LogP contribution in [0.5, 0.6) is 0 Å². The van der Waals surface area contributed by atoms with Crippen LogP contribution in [0.25, 0.3) is 11.1 Å². The summed E-state index contributed by atoms with van der Waals surface area (Å²) in [5, 5.41) is 3.29. The molecule has 2 aromatic carbocycles. The molecule has 0 heterocycles. The van der Waals surface area contributed by atoms with Crippen LogP contribution < -0.4 is 5.32 Å². The first-order chi connectivity index (χ1) is 8.35. The van der Waals surface area contributed by atoms with Crippen molar-refractivity contribution in [3.05, 3.63) is 54.1 Å². The number of benzene rings is 2. The highest BCUT2D eigenvalue weighted by Gasteiger charge is 2.04. The van der Waals surface area contributed by atoms with Crippen molar-refractivity contribution in [1.82, 2.24) is 0 Å². The lowest BCUT2D eigenvalue weighted by atomic mass is 10.0. The zero-order chi connectivity index (χ0) is 12.1. The number of carbonyl (C=O) groups is 1. The summed E-state index contributed by atoms with van der Waals surface area (Å²) in [7, 11) is 0. The average Bonchev–Trinajstić information content (AvgIpc) is 2.40. The van der Waals surface area contributed by atoms with Crippen LogP contribution in [0, 0.1) is 0 Å². The van der Waals surface area contributed by atoms with Crippen LogP contribution in [-0.4, -0.2) is 12.8 Å². The van der Waals surface area contributed by atoms with E-state index >= 15 is 0 Å². The average molecular weight is 225 g/mol. The second-order valence-electron chi connectivity index (χ2n) is 3.82. The first-order valence-electron chi connectivity index (χ1n) is 5.73. The summed E-state index contributed by atoms with van der Waals surface area (Å²) in [6, 6.07) is 15.9. The third-order valence-electron chi connectivity index (χ3n) is 2.63. The van der Waals surface area contributed by atoms with Crippen LogP contribution in [0.4, 0.5) is 5.69 Å². The number of rotatable bonds is 4. The van der Waals surface area contributed by atoms with E-state index in [0.717, 1.165) is 29.6 Å². The van der Waals surface area contributed by atoms with Gasteiger partial charge in [0, 0.05) is 23.4 Å². The van der Waals surface area contributed by atoms with E-state index in [2.05, 4.69) is 17.4 Å². The van der Waals surface area contributed by atoms with Gasteiger partial charge in [0.15, 0.2) is 0 Å². The van der Waals surface area contributed by atoms with E-state index in [4.69, 9.17) is 0 Å². The Morgan fingerprint density at radius 2 is 1.88 bits per heavy atom. The Morgan fingerprint density at radius 1 is 1.12 bits per heavy atom. The molecule has 0 atom stereocenters. The Balaban J connectivity index is 2.49. The van der Waals surface area contributed by atoms with Crippen LogP contribution >= 0.6 is 0 Å². The Hall–Kier alpha value is -2.09. The molecule has 17 heavy (non-hydrogen) atoms. The molecule has 0 unspecified atom stereocenters. The Labute approximate surface area is 101 Å². The lowest BCUT2D eigenvalue weighted by molar-refractivity contribution is 0.112. The number of hydrogen-bond acceptors (Lipinski definition) is 2.